The van der Waals surface area contributed by atoms with E-state index in [1.165, 1.54) is 89.9 Å². The van der Waals surface area contributed by atoms with Crippen LogP contribution in [0.1, 0.15) is 116 Å². The predicted octanol–water partition coefficient (Wildman–Crippen LogP) is 5.39. The van der Waals surface area contributed by atoms with Crippen molar-refractivity contribution >= 4 is 5.97 Å². The second-order valence-corrected chi connectivity index (χ2v) is 6.43. The largest absolute Gasteiger partial charge is 1.00 e. The molecule has 0 aromatic carbocycles. The third kappa shape index (κ3) is 22.5. The van der Waals surface area contributed by atoms with Crippen LogP contribution in [-0.2, 0) is 27.2 Å². The minimum atomic E-state index is -0.902. The number of aliphatic carboxylic acids is 1. The van der Waals surface area contributed by atoms with Crippen LogP contribution in [0.25, 0.3) is 0 Å². The summed E-state index contributed by atoms with van der Waals surface area (Å²) in [5.41, 5.74) is 0. The first kappa shape index (κ1) is 24.5. The van der Waals surface area contributed by atoms with Crippen LogP contribution in [0.4, 0.5) is 0 Å². The van der Waals surface area contributed by atoms with E-state index in [2.05, 4.69) is 6.92 Å². The Morgan fingerprint density at radius 1 is 0.591 bits per heavy atom. The van der Waals surface area contributed by atoms with Gasteiger partial charge in [-0.15, -0.1) is 0 Å². The van der Waals surface area contributed by atoms with Crippen molar-refractivity contribution in [2.75, 3.05) is 0 Å². The van der Waals surface area contributed by atoms with Gasteiger partial charge in [-0.25, -0.2) is 0 Å². The van der Waals surface area contributed by atoms with Crippen LogP contribution in [0.2, 0.25) is 0 Å². The molecule has 0 rings (SSSR count). The Balaban J connectivity index is 0. The molecule has 0 amide bonds. The van der Waals surface area contributed by atoms with Crippen molar-refractivity contribution in [3.63, 3.8) is 0 Å². The zero-order valence-corrected chi connectivity index (χ0v) is 16.1. The number of hydrogen-bond donors (Lipinski definition) is 0. The van der Waals surface area contributed by atoms with Gasteiger partial charge in [-0.2, -0.15) is 0 Å². The molecule has 0 bridgehead atoms. The summed E-state index contributed by atoms with van der Waals surface area (Å²) >= 11 is 0. The van der Waals surface area contributed by atoms with Gasteiger partial charge in [0.15, 0.2) is 0 Å². The monoisotopic (exact) mass is 404 g/mol. The summed E-state index contributed by atoms with van der Waals surface area (Å²) in [6.07, 6.45) is 21.3. The Hall–Kier alpha value is 0.210. The molecule has 0 unspecified atom stereocenters. The molecule has 0 saturated carbocycles. The second-order valence-electron chi connectivity index (χ2n) is 6.43. The van der Waals surface area contributed by atoms with Gasteiger partial charge < -0.3 is 9.90 Å². The number of rotatable bonds is 17. The summed E-state index contributed by atoms with van der Waals surface area (Å²) in [4.78, 5) is 10.2. The third-order valence-electron chi connectivity index (χ3n) is 4.23. The topological polar surface area (TPSA) is 40.1 Å². The van der Waals surface area contributed by atoms with Gasteiger partial charge in [0.1, 0.15) is 0 Å². The molecule has 0 fully saturated rings. The second kappa shape index (κ2) is 21.2. The zero-order valence-electron chi connectivity index (χ0n) is 14.6. The minimum absolute atomic E-state index is 0. The van der Waals surface area contributed by atoms with Crippen molar-refractivity contribution in [2.24, 2.45) is 0 Å². The Labute approximate surface area is 154 Å². The van der Waals surface area contributed by atoms with Gasteiger partial charge in [-0.3, -0.25) is 0 Å². The van der Waals surface area contributed by atoms with Crippen LogP contribution in [-0.4, -0.2) is 5.97 Å². The van der Waals surface area contributed by atoms with Crippen LogP contribution in [0.15, 0.2) is 0 Å². The van der Waals surface area contributed by atoms with E-state index >= 15 is 0 Å². The smallest absolute Gasteiger partial charge is 0.550 e. The van der Waals surface area contributed by atoms with Crippen LogP contribution >= 0.6 is 0 Å². The van der Waals surface area contributed by atoms with Gasteiger partial charge in [0.25, 0.3) is 0 Å². The molecule has 0 saturated heterocycles. The molecule has 22 heavy (non-hydrogen) atoms. The Morgan fingerprint density at radius 3 is 1.14 bits per heavy atom. The third-order valence-corrected chi connectivity index (χ3v) is 4.23. The summed E-state index contributed by atoms with van der Waals surface area (Å²) in [6, 6.07) is 0. The fraction of sp³-hybridized carbons (Fsp3) is 0.947. The maximum atomic E-state index is 10.2. The van der Waals surface area contributed by atoms with Gasteiger partial charge in [-0.1, -0.05) is 103 Å². The van der Waals surface area contributed by atoms with Crippen LogP contribution < -0.4 is 5.11 Å². The van der Waals surface area contributed by atoms with Crippen molar-refractivity contribution in [1.82, 2.24) is 0 Å². The predicted molar refractivity (Wildman–Crippen MR) is 89.2 cm³/mol. The van der Waals surface area contributed by atoms with Crippen molar-refractivity contribution < 1.29 is 32.3 Å². The Bertz CT molecular complexity index is 219. The van der Waals surface area contributed by atoms with Gasteiger partial charge in [0, 0.05) is 5.97 Å². The fourth-order valence-electron chi connectivity index (χ4n) is 2.82. The summed E-state index contributed by atoms with van der Waals surface area (Å²) < 4.78 is 0. The van der Waals surface area contributed by atoms with Crippen molar-refractivity contribution in [3.05, 3.63) is 0 Å². The molecule has 0 spiro atoms. The first-order chi connectivity index (χ1) is 10.3. The molecule has 0 aliphatic heterocycles. The normalized spacial score (nSPS) is 10.4. The van der Waals surface area contributed by atoms with Crippen molar-refractivity contribution in [3.8, 4) is 0 Å². The van der Waals surface area contributed by atoms with E-state index in [-0.39, 0.29) is 28.8 Å². The molecule has 3 heteroatoms. The maximum Gasteiger partial charge on any atom is 1.00 e. The number of hydrogen-bond acceptors (Lipinski definition) is 2. The molecule has 0 aromatic rings. The molecule has 0 aromatic heterocycles. The van der Waals surface area contributed by atoms with Gasteiger partial charge in [0.05, 0.1) is 0 Å². The SMILES string of the molecule is CCCCCCCCCCCCCCCCCCC(=O)[O-].[Ag+]. The number of carboxylic acid groups (broad SMARTS) is 1. The molecule has 0 heterocycles. The van der Waals surface area contributed by atoms with E-state index in [1.807, 2.05) is 0 Å². The van der Waals surface area contributed by atoms with Gasteiger partial charge in [0.2, 0.25) is 0 Å². The molecule has 0 radical (unpaired) electrons. The standard InChI is InChI=1S/C19H38O2.Ag/c1-2-3-4-5-6-7-8-9-10-11-12-13-14-15-16-17-18-19(20)21;/h2-18H2,1H3,(H,20,21);/q;+1/p-1. The summed E-state index contributed by atoms with van der Waals surface area (Å²) in [5.74, 6) is -0.902. The number of carbonyl (C=O) groups is 1. The van der Waals surface area contributed by atoms with Gasteiger partial charge in [-0.05, 0) is 12.8 Å². The summed E-state index contributed by atoms with van der Waals surface area (Å²) in [7, 11) is 0. The Morgan fingerprint density at radius 2 is 0.864 bits per heavy atom. The zero-order chi connectivity index (χ0) is 15.6. The van der Waals surface area contributed by atoms with Crippen LogP contribution in [0.3, 0.4) is 0 Å². The average Bonchev–Trinajstić information content (AvgIpc) is 2.46. The number of carbonyl (C=O) groups excluding carboxylic acids is 1. The molecule has 0 atom stereocenters. The first-order valence-corrected chi connectivity index (χ1v) is 9.47. The molecular formula is C19H37AgO2. The molecule has 2 nitrogen and oxygen atoms in total. The number of carboxylic acids is 1. The van der Waals surface area contributed by atoms with E-state index in [0.29, 0.717) is 0 Å². The fourth-order valence-corrected chi connectivity index (χ4v) is 2.82. The van der Waals surface area contributed by atoms with E-state index in [0.717, 1.165) is 12.8 Å². The van der Waals surface area contributed by atoms with E-state index in [4.69, 9.17) is 0 Å². The van der Waals surface area contributed by atoms with E-state index in [9.17, 15) is 9.90 Å². The molecular weight excluding hydrogens is 368 g/mol. The van der Waals surface area contributed by atoms with Crippen LogP contribution in [0, 0.1) is 0 Å². The minimum Gasteiger partial charge on any atom is -0.550 e. The van der Waals surface area contributed by atoms with E-state index in [1.54, 1.807) is 0 Å². The molecule has 0 aliphatic rings. The van der Waals surface area contributed by atoms with Crippen molar-refractivity contribution in [1.29, 1.82) is 0 Å². The van der Waals surface area contributed by atoms with Crippen molar-refractivity contribution in [2.45, 2.75) is 116 Å². The maximum absolute atomic E-state index is 10.2. The summed E-state index contributed by atoms with van der Waals surface area (Å²) in [6.45, 7) is 2.27. The summed E-state index contributed by atoms with van der Waals surface area (Å²) in [5, 5.41) is 10.2. The van der Waals surface area contributed by atoms with Crippen LogP contribution in [0.5, 0.6) is 0 Å². The number of unbranched alkanes of at least 4 members (excludes halogenated alkanes) is 15. The quantitative estimate of drug-likeness (QED) is 0.241. The van der Waals surface area contributed by atoms with E-state index < -0.39 is 5.97 Å². The Kier molecular flexibility index (Phi) is 23.6. The molecule has 0 aliphatic carbocycles. The average molecular weight is 405 g/mol. The first-order valence-electron chi connectivity index (χ1n) is 9.47. The van der Waals surface area contributed by atoms with Gasteiger partial charge >= 0.3 is 22.4 Å². The molecule has 0 N–H and O–H groups in total. The molecule has 136 valence electrons.